The third-order valence-corrected chi connectivity index (χ3v) is 4.00. The average molecular weight is 239 g/mol. The van der Waals surface area contributed by atoms with Crippen molar-refractivity contribution in [1.29, 1.82) is 0 Å². The molecular formula is C12H15ClOSi. The molecule has 0 atom stereocenters. The summed E-state index contributed by atoms with van der Waals surface area (Å²) in [5.41, 5.74) is 0.894. The lowest BCUT2D eigenvalue weighted by Crippen LogP contribution is -2.31. The van der Waals surface area contributed by atoms with Crippen molar-refractivity contribution in [2.45, 2.75) is 19.6 Å². The summed E-state index contributed by atoms with van der Waals surface area (Å²) in [5.74, 6) is 0. The van der Waals surface area contributed by atoms with E-state index in [1.54, 1.807) is 6.08 Å². The van der Waals surface area contributed by atoms with E-state index in [-0.39, 0.29) is 5.41 Å². The summed E-state index contributed by atoms with van der Waals surface area (Å²) in [7, 11) is -1.76. The van der Waals surface area contributed by atoms with E-state index in [1.165, 1.54) is 0 Å². The SMILES string of the molecule is C[Si](C)(C)C(=O)/C=C(/Cl)c1ccccc1. The normalized spacial score (nSPS) is 12.7. The fraction of sp³-hybridized carbons (Fsp3) is 0.250. The monoisotopic (exact) mass is 238 g/mol. The number of allylic oxidation sites excluding steroid dienone is 1. The molecule has 0 radical (unpaired) electrons. The van der Waals surface area contributed by atoms with Gasteiger partial charge in [0.1, 0.15) is 13.5 Å². The van der Waals surface area contributed by atoms with Gasteiger partial charge in [-0.05, 0) is 11.6 Å². The van der Waals surface area contributed by atoms with Gasteiger partial charge in [-0.3, -0.25) is 0 Å². The lowest BCUT2D eigenvalue weighted by molar-refractivity contribution is -0.108. The van der Waals surface area contributed by atoms with Crippen LogP contribution in [0.3, 0.4) is 0 Å². The van der Waals surface area contributed by atoms with Crippen molar-refractivity contribution in [3.63, 3.8) is 0 Å². The van der Waals surface area contributed by atoms with Crippen LogP contribution in [0, 0.1) is 0 Å². The summed E-state index contributed by atoms with van der Waals surface area (Å²) in [4.78, 5) is 11.7. The second kappa shape index (κ2) is 4.77. The Hall–Kier alpha value is -0.863. The minimum absolute atomic E-state index is 0.177. The molecule has 0 aromatic heterocycles. The largest absolute Gasteiger partial charge is 0.301 e. The highest BCUT2D eigenvalue weighted by Crippen LogP contribution is 2.19. The smallest absolute Gasteiger partial charge is 0.134 e. The zero-order chi connectivity index (χ0) is 11.5. The van der Waals surface area contributed by atoms with E-state index < -0.39 is 8.07 Å². The molecule has 0 bridgehead atoms. The van der Waals surface area contributed by atoms with Crippen molar-refractivity contribution in [3.05, 3.63) is 42.0 Å². The van der Waals surface area contributed by atoms with E-state index >= 15 is 0 Å². The van der Waals surface area contributed by atoms with Crippen LogP contribution in [0.25, 0.3) is 5.03 Å². The summed E-state index contributed by atoms with van der Waals surface area (Å²) < 4.78 is 0. The van der Waals surface area contributed by atoms with Crippen LogP contribution in [-0.2, 0) is 4.79 Å². The topological polar surface area (TPSA) is 17.1 Å². The Morgan fingerprint density at radius 3 is 2.20 bits per heavy atom. The highest BCUT2D eigenvalue weighted by atomic mass is 35.5. The molecule has 1 nitrogen and oxygen atoms in total. The molecule has 1 aromatic rings. The molecule has 0 aliphatic carbocycles. The molecule has 0 saturated heterocycles. The molecule has 1 rings (SSSR count). The summed E-state index contributed by atoms with van der Waals surface area (Å²) in [6.45, 7) is 6.04. The van der Waals surface area contributed by atoms with E-state index in [4.69, 9.17) is 11.6 Å². The number of rotatable bonds is 3. The molecule has 0 aliphatic rings. The van der Waals surface area contributed by atoms with Crippen LogP contribution in [0.15, 0.2) is 36.4 Å². The van der Waals surface area contributed by atoms with E-state index in [2.05, 4.69) is 0 Å². The van der Waals surface area contributed by atoms with Gasteiger partial charge in [0.25, 0.3) is 0 Å². The van der Waals surface area contributed by atoms with Crippen molar-refractivity contribution in [2.75, 3.05) is 0 Å². The van der Waals surface area contributed by atoms with Crippen LogP contribution in [0.4, 0.5) is 0 Å². The van der Waals surface area contributed by atoms with Gasteiger partial charge in [0.2, 0.25) is 0 Å². The predicted octanol–water partition coefficient (Wildman–Crippen LogP) is 3.71. The minimum atomic E-state index is -1.76. The Bertz CT molecular complexity index is 376. The first-order valence-electron chi connectivity index (χ1n) is 4.88. The second-order valence-electron chi connectivity index (χ2n) is 4.47. The maximum Gasteiger partial charge on any atom is 0.134 e. The standard InChI is InChI=1S/C12H15ClOSi/c1-15(2,3)12(14)9-11(13)10-7-5-4-6-8-10/h4-9H,1-3H3/b11-9+. The molecule has 1 aromatic carbocycles. The van der Waals surface area contributed by atoms with E-state index in [0.29, 0.717) is 5.03 Å². The number of carbonyl (C=O) groups excluding carboxylic acids is 1. The minimum Gasteiger partial charge on any atom is -0.301 e. The zero-order valence-electron chi connectivity index (χ0n) is 9.25. The van der Waals surface area contributed by atoms with Gasteiger partial charge >= 0.3 is 0 Å². The first-order valence-corrected chi connectivity index (χ1v) is 8.76. The van der Waals surface area contributed by atoms with Gasteiger partial charge in [-0.15, -0.1) is 0 Å². The molecule has 0 aliphatic heterocycles. The quantitative estimate of drug-likeness (QED) is 0.580. The third kappa shape index (κ3) is 3.65. The van der Waals surface area contributed by atoms with Crippen LogP contribution >= 0.6 is 11.6 Å². The van der Waals surface area contributed by atoms with Gasteiger partial charge in [-0.1, -0.05) is 61.6 Å². The van der Waals surface area contributed by atoms with Crippen LogP contribution in [0.5, 0.6) is 0 Å². The van der Waals surface area contributed by atoms with Crippen LogP contribution in [-0.4, -0.2) is 13.5 Å². The average Bonchev–Trinajstić information content (AvgIpc) is 2.17. The lowest BCUT2D eigenvalue weighted by atomic mass is 10.2. The Kier molecular flexibility index (Phi) is 3.88. The van der Waals surface area contributed by atoms with Gasteiger partial charge in [0, 0.05) is 0 Å². The van der Waals surface area contributed by atoms with Crippen LogP contribution < -0.4 is 0 Å². The molecule has 0 unspecified atom stereocenters. The molecule has 0 saturated carbocycles. The summed E-state index contributed by atoms with van der Waals surface area (Å²) in [6.07, 6.45) is 1.56. The number of carbonyl (C=O) groups is 1. The number of halogens is 1. The van der Waals surface area contributed by atoms with E-state index in [0.717, 1.165) is 5.56 Å². The Labute approximate surface area is 96.8 Å². The maximum absolute atomic E-state index is 11.7. The Morgan fingerprint density at radius 2 is 1.73 bits per heavy atom. The summed E-state index contributed by atoms with van der Waals surface area (Å²) >= 11 is 6.07. The summed E-state index contributed by atoms with van der Waals surface area (Å²) in [5, 5.41) is 0.708. The van der Waals surface area contributed by atoms with Crippen molar-refractivity contribution in [2.24, 2.45) is 0 Å². The first-order chi connectivity index (χ1) is 6.91. The number of benzene rings is 1. The molecule has 0 amide bonds. The van der Waals surface area contributed by atoms with Crippen molar-refractivity contribution >= 4 is 30.1 Å². The first kappa shape index (κ1) is 12.2. The zero-order valence-corrected chi connectivity index (χ0v) is 11.0. The molecular weight excluding hydrogens is 224 g/mol. The van der Waals surface area contributed by atoms with Crippen LogP contribution in [0.2, 0.25) is 19.6 Å². The maximum atomic E-state index is 11.7. The highest BCUT2D eigenvalue weighted by molar-refractivity contribution is 7.05. The van der Waals surface area contributed by atoms with Gasteiger partial charge in [0.05, 0.1) is 5.03 Å². The van der Waals surface area contributed by atoms with Gasteiger partial charge in [0.15, 0.2) is 0 Å². The predicted molar refractivity (Wildman–Crippen MR) is 68.6 cm³/mol. The Balaban J connectivity index is 2.91. The van der Waals surface area contributed by atoms with Gasteiger partial charge in [-0.2, -0.15) is 0 Å². The second-order valence-corrected chi connectivity index (χ2v) is 9.87. The van der Waals surface area contributed by atoms with Crippen molar-refractivity contribution in [3.8, 4) is 0 Å². The fourth-order valence-corrected chi connectivity index (χ4v) is 1.91. The lowest BCUT2D eigenvalue weighted by Gasteiger charge is -2.10. The van der Waals surface area contributed by atoms with Crippen molar-refractivity contribution < 1.29 is 4.79 Å². The molecule has 15 heavy (non-hydrogen) atoms. The van der Waals surface area contributed by atoms with Gasteiger partial charge < -0.3 is 4.79 Å². The highest BCUT2D eigenvalue weighted by Gasteiger charge is 2.22. The number of hydrogen-bond acceptors (Lipinski definition) is 1. The summed E-state index contributed by atoms with van der Waals surface area (Å²) in [6, 6.07) is 9.54. The third-order valence-electron chi connectivity index (χ3n) is 2.05. The molecule has 80 valence electrons. The Morgan fingerprint density at radius 1 is 1.20 bits per heavy atom. The number of hydrogen-bond donors (Lipinski definition) is 0. The van der Waals surface area contributed by atoms with E-state index in [1.807, 2.05) is 50.0 Å². The molecule has 0 N–H and O–H groups in total. The molecule has 0 heterocycles. The van der Waals surface area contributed by atoms with Crippen molar-refractivity contribution in [1.82, 2.24) is 0 Å². The molecule has 3 heteroatoms. The molecule has 0 fully saturated rings. The van der Waals surface area contributed by atoms with Gasteiger partial charge in [-0.25, -0.2) is 0 Å². The fourth-order valence-electron chi connectivity index (χ4n) is 1.01. The molecule has 0 spiro atoms. The van der Waals surface area contributed by atoms with Crippen LogP contribution in [0.1, 0.15) is 5.56 Å². The van der Waals surface area contributed by atoms with E-state index in [9.17, 15) is 4.79 Å².